The predicted octanol–water partition coefficient (Wildman–Crippen LogP) is 0.943. The maximum Gasteiger partial charge on any atom is 0.241 e. The van der Waals surface area contributed by atoms with E-state index in [0.29, 0.717) is 50.4 Å². The topological polar surface area (TPSA) is 104 Å². The van der Waals surface area contributed by atoms with E-state index in [1.807, 2.05) is 30.3 Å². The second kappa shape index (κ2) is 8.33. The number of rotatable bonds is 7. The maximum atomic E-state index is 5.87. The molecule has 1 fully saturated rings. The zero-order valence-electron chi connectivity index (χ0n) is 15.1. The van der Waals surface area contributed by atoms with Gasteiger partial charge in [-0.1, -0.05) is 35.5 Å². The molecule has 4 rings (SSSR count). The molecule has 1 unspecified atom stereocenters. The average molecular weight is 371 g/mol. The second-order valence-electron chi connectivity index (χ2n) is 6.23. The Morgan fingerprint density at radius 3 is 3.00 bits per heavy atom. The first-order valence-corrected chi connectivity index (χ1v) is 8.80. The van der Waals surface area contributed by atoms with E-state index in [0.717, 1.165) is 12.1 Å². The molecular formula is C17H21N7O3. The first-order chi connectivity index (χ1) is 13.3. The van der Waals surface area contributed by atoms with Gasteiger partial charge in [0, 0.05) is 25.8 Å². The third kappa shape index (κ3) is 4.18. The Morgan fingerprint density at radius 1 is 1.26 bits per heavy atom. The normalized spacial score (nSPS) is 18.0. The van der Waals surface area contributed by atoms with Gasteiger partial charge in [-0.15, -0.1) is 5.10 Å². The Kier molecular flexibility index (Phi) is 5.47. The van der Waals surface area contributed by atoms with Crippen LogP contribution in [0.1, 0.15) is 17.8 Å². The number of hydrogen-bond donors (Lipinski definition) is 0. The van der Waals surface area contributed by atoms with Crippen molar-refractivity contribution in [1.29, 1.82) is 0 Å². The van der Waals surface area contributed by atoms with Crippen molar-refractivity contribution in [3.63, 3.8) is 0 Å². The lowest BCUT2D eigenvalue weighted by atomic mass is 10.2. The standard InChI is InChI=1S/C17H21N7O3/c1-25-9-8-24-17(19-21-22-24)14-11-23(7-10-26-14)12-15-18-16(20-27-15)13-5-3-2-4-6-13/h2-6,14H,7-12H2,1H3. The number of hydrogen-bond acceptors (Lipinski definition) is 9. The van der Waals surface area contributed by atoms with Gasteiger partial charge in [-0.05, 0) is 10.4 Å². The van der Waals surface area contributed by atoms with Crippen molar-refractivity contribution < 1.29 is 14.0 Å². The Labute approximate surface area is 156 Å². The molecule has 1 aromatic carbocycles. The highest BCUT2D eigenvalue weighted by Gasteiger charge is 2.27. The van der Waals surface area contributed by atoms with Crippen LogP contribution in [0.2, 0.25) is 0 Å². The van der Waals surface area contributed by atoms with Gasteiger partial charge in [-0.25, -0.2) is 4.68 Å². The van der Waals surface area contributed by atoms with Crippen LogP contribution < -0.4 is 0 Å². The summed E-state index contributed by atoms with van der Waals surface area (Å²) in [5.41, 5.74) is 0.935. The Bertz CT molecular complexity index is 851. The van der Waals surface area contributed by atoms with Crippen molar-refractivity contribution in [3.8, 4) is 11.4 Å². The van der Waals surface area contributed by atoms with Crippen molar-refractivity contribution in [2.75, 3.05) is 33.4 Å². The van der Waals surface area contributed by atoms with E-state index in [9.17, 15) is 0 Å². The SMILES string of the molecule is COCCn1nnnc1C1CN(Cc2nc(-c3ccccc3)no2)CCO1. The second-order valence-corrected chi connectivity index (χ2v) is 6.23. The molecule has 27 heavy (non-hydrogen) atoms. The fourth-order valence-corrected chi connectivity index (χ4v) is 3.00. The number of tetrazole rings is 1. The van der Waals surface area contributed by atoms with Gasteiger partial charge in [0.2, 0.25) is 11.7 Å². The summed E-state index contributed by atoms with van der Waals surface area (Å²) in [5.74, 6) is 1.87. The molecular weight excluding hydrogens is 350 g/mol. The Morgan fingerprint density at radius 2 is 2.15 bits per heavy atom. The minimum Gasteiger partial charge on any atom is -0.383 e. The summed E-state index contributed by atoms with van der Waals surface area (Å²) in [7, 11) is 1.65. The molecule has 10 heteroatoms. The van der Waals surface area contributed by atoms with Crippen molar-refractivity contribution in [1.82, 2.24) is 35.2 Å². The summed E-state index contributed by atoms with van der Waals surface area (Å²) in [6.07, 6.45) is -0.206. The fourth-order valence-electron chi connectivity index (χ4n) is 3.00. The summed E-state index contributed by atoms with van der Waals surface area (Å²) < 4.78 is 18.1. The van der Waals surface area contributed by atoms with Crippen LogP contribution in [0.25, 0.3) is 11.4 Å². The molecule has 3 heterocycles. The molecule has 1 aliphatic rings. The van der Waals surface area contributed by atoms with E-state index >= 15 is 0 Å². The highest BCUT2D eigenvalue weighted by atomic mass is 16.5. The largest absolute Gasteiger partial charge is 0.383 e. The van der Waals surface area contributed by atoms with Crippen LogP contribution in [-0.2, 0) is 22.6 Å². The molecule has 142 valence electrons. The zero-order valence-corrected chi connectivity index (χ0v) is 15.1. The van der Waals surface area contributed by atoms with Gasteiger partial charge in [0.1, 0.15) is 6.10 Å². The summed E-state index contributed by atoms with van der Waals surface area (Å²) in [6.45, 7) is 3.69. The average Bonchev–Trinajstić information content (AvgIpc) is 3.37. The monoisotopic (exact) mass is 371 g/mol. The quantitative estimate of drug-likeness (QED) is 0.600. The summed E-state index contributed by atoms with van der Waals surface area (Å²) >= 11 is 0. The van der Waals surface area contributed by atoms with Crippen LogP contribution >= 0.6 is 0 Å². The van der Waals surface area contributed by atoms with E-state index in [4.69, 9.17) is 14.0 Å². The van der Waals surface area contributed by atoms with Crippen LogP contribution in [0.5, 0.6) is 0 Å². The van der Waals surface area contributed by atoms with Crippen molar-refractivity contribution in [2.45, 2.75) is 19.2 Å². The van der Waals surface area contributed by atoms with Crippen molar-refractivity contribution >= 4 is 0 Å². The lowest BCUT2D eigenvalue weighted by molar-refractivity contribution is -0.0421. The van der Waals surface area contributed by atoms with E-state index in [2.05, 4.69) is 30.6 Å². The lowest BCUT2D eigenvalue weighted by Gasteiger charge is -2.31. The maximum absolute atomic E-state index is 5.87. The highest BCUT2D eigenvalue weighted by Crippen LogP contribution is 2.22. The first kappa shape index (κ1) is 17.7. The Hall–Kier alpha value is -2.69. The van der Waals surface area contributed by atoms with Crippen LogP contribution in [0.3, 0.4) is 0 Å². The van der Waals surface area contributed by atoms with Gasteiger partial charge < -0.3 is 14.0 Å². The van der Waals surface area contributed by atoms with E-state index in [-0.39, 0.29) is 6.10 Å². The van der Waals surface area contributed by atoms with Crippen LogP contribution in [-0.4, -0.2) is 68.7 Å². The number of ether oxygens (including phenoxy) is 2. The van der Waals surface area contributed by atoms with Crippen LogP contribution in [0.15, 0.2) is 34.9 Å². The van der Waals surface area contributed by atoms with E-state index < -0.39 is 0 Å². The zero-order chi connectivity index (χ0) is 18.5. The van der Waals surface area contributed by atoms with Gasteiger partial charge in [-0.3, -0.25) is 4.90 Å². The van der Waals surface area contributed by atoms with E-state index in [1.54, 1.807) is 11.8 Å². The summed E-state index contributed by atoms with van der Waals surface area (Å²) in [4.78, 5) is 6.70. The van der Waals surface area contributed by atoms with Crippen molar-refractivity contribution in [2.24, 2.45) is 0 Å². The number of morpholine rings is 1. The fraction of sp³-hybridized carbons (Fsp3) is 0.471. The van der Waals surface area contributed by atoms with Crippen molar-refractivity contribution in [3.05, 3.63) is 42.0 Å². The van der Waals surface area contributed by atoms with Gasteiger partial charge in [0.15, 0.2) is 5.82 Å². The molecule has 0 bridgehead atoms. The molecule has 0 radical (unpaired) electrons. The number of methoxy groups -OCH3 is 1. The Balaban J connectivity index is 1.41. The number of aromatic nitrogens is 6. The minimum absolute atomic E-state index is 0.206. The van der Waals surface area contributed by atoms with Crippen LogP contribution in [0, 0.1) is 0 Å². The number of nitrogens with zero attached hydrogens (tertiary/aromatic N) is 7. The molecule has 0 N–H and O–H groups in total. The van der Waals surface area contributed by atoms with Gasteiger partial charge in [-0.2, -0.15) is 4.98 Å². The molecule has 0 aliphatic carbocycles. The minimum atomic E-state index is -0.206. The molecule has 10 nitrogen and oxygen atoms in total. The predicted molar refractivity (Wildman–Crippen MR) is 93.4 cm³/mol. The van der Waals surface area contributed by atoms with Crippen LogP contribution in [0.4, 0.5) is 0 Å². The molecule has 3 aromatic rings. The molecule has 0 spiro atoms. The smallest absolute Gasteiger partial charge is 0.241 e. The molecule has 1 saturated heterocycles. The molecule has 0 saturated carbocycles. The first-order valence-electron chi connectivity index (χ1n) is 8.80. The van der Waals surface area contributed by atoms with E-state index in [1.165, 1.54) is 0 Å². The molecule has 0 amide bonds. The van der Waals surface area contributed by atoms with Gasteiger partial charge >= 0.3 is 0 Å². The molecule has 1 aliphatic heterocycles. The summed E-state index contributed by atoms with van der Waals surface area (Å²) in [6, 6.07) is 9.77. The third-order valence-corrected chi connectivity index (χ3v) is 4.36. The number of benzene rings is 1. The highest BCUT2D eigenvalue weighted by molar-refractivity contribution is 5.53. The molecule has 2 aromatic heterocycles. The third-order valence-electron chi connectivity index (χ3n) is 4.36. The van der Waals surface area contributed by atoms with Gasteiger partial charge in [0.25, 0.3) is 0 Å². The summed E-state index contributed by atoms with van der Waals surface area (Å²) in [5, 5.41) is 16.0. The molecule has 1 atom stereocenters. The lowest BCUT2D eigenvalue weighted by Crippen LogP contribution is -2.39. The van der Waals surface area contributed by atoms with Gasteiger partial charge in [0.05, 0.1) is 26.3 Å².